The number of likely N-dealkylation sites (tertiary alicyclic amines) is 1. The van der Waals surface area contributed by atoms with Crippen molar-refractivity contribution < 1.29 is 9.90 Å². The van der Waals surface area contributed by atoms with Gasteiger partial charge in [-0.05, 0) is 54.1 Å². The zero-order chi connectivity index (χ0) is 18.8. The molecular formula is C21H23N3O2S. The van der Waals surface area contributed by atoms with Crippen molar-refractivity contribution in [2.24, 2.45) is 0 Å². The normalized spacial score (nSPS) is 20.0. The molecule has 0 saturated carbocycles. The van der Waals surface area contributed by atoms with E-state index in [0.29, 0.717) is 25.2 Å². The Morgan fingerprint density at radius 3 is 2.93 bits per heavy atom. The highest BCUT2D eigenvalue weighted by atomic mass is 32.1. The number of aliphatic hydroxyl groups is 1. The number of aryl methyl sites for hydroxylation is 1. The molecule has 1 N–H and O–H groups in total. The van der Waals surface area contributed by atoms with Gasteiger partial charge in [-0.25, -0.2) is 0 Å². The third-order valence-corrected chi connectivity index (χ3v) is 6.34. The van der Waals surface area contributed by atoms with E-state index in [4.69, 9.17) is 0 Å². The molecule has 1 fully saturated rings. The van der Waals surface area contributed by atoms with Crippen LogP contribution in [0.3, 0.4) is 0 Å². The number of hydrogen-bond donors (Lipinski definition) is 1. The van der Waals surface area contributed by atoms with Crippen LogP contribution in [0.15, 0.2) is 54.2 Å². The summed E-state index contributed by atoms with van der Waals surface area (Å²) in [6, 6.07) is 11.7. The van der Waals surface area contributed by atoms with Gasteiger partial charge in [-0.15, -0.1) is 11.3 Å². The molecule has 2 atom stereocenters. The summed E-state index contributed by atoms with van der Waals surface area (Å²) in [4.78, 5) is 16.0. The fourth-order valence-electron chi connectivity index (χ4n) is 3.75. The third-order valence-electron chi connectivity index (χ3n) is 5.19. The number of aliphatic hydroxyl groups excluding tert-OH is 1. The Balaban J connectivity index is 1.45. The molecule has 4 rings (SSSR count). The van der Waals surface area contributed by atoms with Gasteiger partial charge in [0.05, 0.1) is 12.6 Å². The molecule has 1 saturated heterocycles. The molecule has 27 heavy (non-hydrogen) atoms. The first-order valence-electron chi connectivity index (χ1n) is 9.19. The number of aromatic nitrogens is 2. The van der Waals surface area contributed by atoms with Crippen LogP contribution in [-0.4, -0.2) is 44.9 Å². The van der Waals surface area contributed by atoms with E-state index in [1.165, 1.54) is 10.4 Å². The Morgan fingerprint density at radius 1 is 1.33 bits per heavy atom. The SMILES string of the molecule is Cc1ccsc1[C@@H]1CCN(C(=O)c2cccc(Cn3cccn3)c2)C[C@H]1O. The summed E-state index contributed by atoms with van der Waals surface area (Å²) < 4.78 is 1.84. The molecule has 0 bridgehead atoms. The number of carbonyl (C=O) groups is 1. The summed E-state index contributed by atoms with van der Waals surface area (Å²) in [6.07, 6.45) is 3.92. The van der Waals surface area contributed by atoms with Gasteiger partial charge in [0.1, 0.15) is 0 Å². The quantitative estimate of drug-likeness (QED) is 0.754. The Morgan fingerprint density at radius 2 is 2.22 bits per heavy atom. The highest BCUT2D eigenvalue weighted by Gasteiger charge is 2.32. The van der Waals surface area contributed by atoms with Gasteiger partial charge < -0.3 is 10.0 Å². The highest BCUT2D eigenvalue weighted by molar-refractivity contribution is 7.10. The second kappa shape index (κ2) is 7.66. The second-order valence-corrected chi connectivity index (χ2v) is 8.03. The minimum atomic E-state index is -0.521. The van der Waals surface area contributed by atoms with Crippen LogP contribution in [0.1, 0.15) is 38.7 Å². The average molecular weight is 382 g/mol. The summed E-state index contributed by atoms with van der Waals surface area (Å²) in [7, 11) is 0. The maximum Gasteiger partial charge on any atom is 0.253 e. The van der Waals surface area contributed by atoms with E-state index in [9.17, 15) is 9.90 Å². The lowest BCUT2D eigenvalue weighted by Gasteiger charge is -2.36. The highest BCUT2D eigenvalue weighted by Crippen LogP contribution is 2.34. The van der Waals surface area contributed by atoms with E-state index < -0.39 is 6.10 Å². The number of thiophene rings is 1. The van der Waals surface area contributed by atoms with Crippen LogP contribution in [0, 0.1) is 6.92 Å². The van der Waals surface area contributed by atoms with E-state index in [2.05, 4.69) is 23.5 Å². The molecule has 1 aromatic carbocycles. The lowest BCUT2D eigenvalue weighted by atomic mass is 9.90. The molecule has 3 aromatic rings. The lowest BCUT2D eigenvalue weighted by Crippen LogP contribution is -2.45. The number of hydrogen-bond acceptors (Lipinski definition) is 4. The Kier molecular flexibility index (Phi) is 5.09. The van der Waals surface area contributed by atoms with Crippen LogP contribution in [0.5, 0.6) is 0 Å². The molecule has 140 valence electrons. The van der Waals surface area contributed by atoms with E-state index in [1.807, 2.05) is 41.2 Å². The van der Waals surface area contributed by atoms with Crippen LogP contribution in [0.25, 0.3) is 0 Å². The van der Waals surface area contributed by atoms with Gasteiger partial charge in [0, 0.05) is 41.8 Å². The van der Waals surface area contributed by atoms with Crippen molar-refractivity contribution in [1.82, 2.24) is 14.7 Å². The standard InChI is InChI=1S/C21H23N3O2S/c1-15-7-11-27-20(15)18-6-10-23(14-19(18)25)21(26)17-5-2-4-16(12-17)13-24-9-3-8-22-24/h2-5,7-9,11-12,18-19,25H,6,10,13-14H2,1H3/t18-,19-/m1/s1. The largest absolute Gasteiger partial charge is 0.391 e. The number of rotatable bonds is 4. The van der Waals surface area contributed by atoms with Gasteiger partial charge in [-0.2, -0.15) is 5.10 Å². The molecule has 6 heteroatoms. The van der Waals surface area contributed by atoms with Gasteiger partial charge in [-0.1, -0.05) is 12.1 Å². The third kappa shape index (κ3) is 3.82. The summed E-state index contributed by atoms with van der Waals surface area (Å²) in [5.41, 5.74) is 2.93. The zero-order valence-electron chi connectivity index (χ0n) is 15.3. The summed E-state index contributed by atoms with van der Waals surface area (Å²) in [6.45, 7) is 3.77. The van der Waals surface area contributed by atoms with Crippen molar-refractivity contribution in [3.8, 4) is 0 Å². The van der Waals surface area contributed by atoms with E-state index in [0.717, 1.165) is 12.0 Å². The zero-order valence-corrected chi connectivity index (χ0v) is 16.1. The van der Waals surface area contributed by atoms with Gasteiger partial charge in [0.15, 0.2) is 0 Å². The molecule has 1 aliphatic rings. The molecule has 2 aromatic heterocycles. The number of carbonyl (C=O) groups excluding carboxylic acids is 1. The van der Waals surface area contributed by atoms with Gasteiger partial charge >= 0.3 is 0 Å². The number of β-amino-alcohol motifs (C(OH)–C–C–N with tert-alkyl or cyclic N) is 1. The minimum absolute atomic E-state index is 0.0160. The van der Waals surface area contributed by atoms with Crippen molar-refractivity contribution in [3.63, 3.8) is 0 Å². The van der Waals surface area contributed by atoms with Gasteiger partial charge in [0.25, 0.3) is 5.91 Å². The minimum Gasteiger partial charge on any atom is -0.391 e. The van der Waals surface area contributed by atoms with Crippen LogP contribution >= 0.6 is 11.3 Å². The molecule has 0 spiro atoms. The van der Waals surface area contributed by atoms with Crippen LogP contribution in [-0.2, 0) is 6.54 Å². The number of piperidine rings is 1. The predicted molar refractivity (Wildman–Crippen MR) is 106 cm³/mol. The van der Waals surface area contributed by atoms with Crippen molar-refractivity contribution in [2.45, 2.75) is 31.9 Å². The first-order valence-corrected chi connectivity index (χ1v) is 10.1. The Labute approximate surface area is 162 Å². The van der Waals surface area contributed by atoms with E-state index >= 15 is 0 Å². The predicted octanol–water partition coefficient (Wildman–Crippen LogP) is 3.29. The summed E-state index contributed by atoms with van der Waals surface area (Å²) in [5.74, 6) is 0.109. The van der Waals surface area contributed by atoms with E-state index in [1.54, 1.807) is 22.4 Å². The van der Waals surface area contributed by atoms with Crippen LogP contribution in [0.4, 0.5) is 0 Å². The van der Waals surface area contributed by atoms with Crippen molar-refractivity contribution >= 4 is 17.2 Å². The van der Waals surface area contributed by atoms with Crippen molar-refractivity contribution in [2.75, 3.05) is 13.1 Å². The van der Waals surface area contributed by atoms with E-state index in [-0.39, 0.29) is 11.8 Å². The molecule has 5 nitrogen and oxygen atoms in total. The lowest BCUT2D eigenvalue weighted by molar-refractivity contribution is 0.0387. The van der Waals surface area contributed by atoms with Gasteiger partial charge in [-0.3, -0.25) is 9.48 Å². The first-order chi connectivity index (χ1) is 13.1. The monoisotopic (exact) mass is 381 g/mol. The molecule has 1 amide bonds. The smallest absolute Gasteiger partial charge is 0.253 e. The van der Waals surface area contributed by atoms with Crippen molar-refractivity contribution in [1.29, 1.82) is 0 Å². The van der Waals surface area contributed by atoms with Crippen LogP contribution < -0.4 is 0 Å². The fraction of sp³-hybridized carbons (Fsp3) is 0.333. The van der Waals surface area contributed by atoms with Gasteiger partial charge in [0.2, 0.25) is 0 Å². The fourth-order valence-corrected chi connectivity index (χ4v) is 4.87. The van der Waals surface area contributed by atoms with Crippen molar-refractivity contribution in [3.05, 3.63) is 75.7 Å². The molecule has 0 radical (unpaired) electrons. The second-order valence-electron chi connectivity index (χ2n) is 7.09. The maximum absolute atomic E-state index is 13.0. The molecule has 1 aliphatic heterocycles. The Bertz CT molecular complexity index is 919. The molecule has 0 aliphatic carbocycles. The summed E-state index contributed by atoms with van der Waals surface area (Å²) >= 11 is 1.70. The van der Waals surface area contributed by atoms with Crippen LogP contribution in [0.2, 0.25) is 0 Å². The number of benzene rings is 1. The maximum atomic E-state index is 13.0. The first kappa shape index (κ1) is 17.9. The number of amides is 1. The Hall–Kier alpha value is -2.44. The molecule has 0 unspecified atom stereocenters. The average Bonchev–Trinajstić information content (AvgIpc) is 3.33. The topological polar surface area (TPSA) is 58.4 Å². The number of nitrogens with zero attached hydrogens (tertiary/aromatic N) is 3. The molecule has 3 heterocycles. The summed E-state index contributed by atoms with van der Waals surface area (Å²) in [5, 5.41) is 16.9. The molecular weight excluding hydrogens is 358 g/mol.